The van der Waals surface area contributed by atoms with Gasteiger partial charge in [0.1, 0.15) is 0 Å². The molecule has 0 aliphatic carbocycles. The Morgan fingerprint density at radius 1 is 1.39 bits per heavy atom. The van der Waals surface area contributed by atoms with Gasteiger partial charge in [-0.2, -0.15) is 0 Å². The maximum absolute atomic E-state index is 11.0. The molecule has 0 amide bonds. The van der Waals surface area contributed by atoms with Gasteiger partial charge in [0.25, 0.3) is 0 Å². The van der Waals surface area contributed by atoms with Gasteiger partial charge in [0.05, 0.1) is 5.52 Å². The van der Waals surface area contributed by atoms with Gasteiger partial charge in [-0.1, -0.05) is 11.6 Å². The van der Waals surface area contributed by atoms with Crippen LogP contribution in [-0.2, 0) is 10.8 Å². The molecule has 0 spiro atoms. The van der Waals surface area contributed by atoms with Crippen LogP contribution < -0.4 is 5.32 Å². The summed E-state index contributed by atoms with van der Waals surface area (Å²) < 4.78 is 11.0. The minimum atomic E-state index is -0.723. The van der Waals surface area contributed by atoms with Crippen molar-refractivity contribution in [1.29, 1.82) is 0 Å². The standard InChI is InChI=1S/C13H15ClN2OS/c1-18(17)8-2-6-15-12-5-7-16-13-9-10(14)3-4-11(12)13/h3-5,7,9H,2,6,8H2,1H3,(H,15,16). The number of aromatic nitrogens is 1. The van der Waals surface area contributed by atoms with Crippen LogP contribution >= 0.6 is 11.6 Å². The van der Waals surface area contributed by atoms with Crippen molar-refractivity contribution < 1.29 is 4.21 Å². The van der Waals surface area contributed by atoms with Crippen LogP contribution in [-0.4, -0.2) is 27.7 Å². The average Bonchev–Trinajstić information content (AvgIpc) is 2.34. The van der Waals surface area contributed by atoms with Gasteiger partial charge in [0, 0.05) is 51.6 Å². The predicted molar refractivity (Wildman–Crippen MR) is 78.8 cm³/mol. The van der Waals surface area contributed by atoms with Crippen LogP contribution in [0.1, 0.15) is 6.42 Å². The highest BCUT2D eigenvalue weighted by atomic mass is 35.5. The van der Waals surface area contributed by atoms with Gasteiger partial charge in [0.15, 0.2) is 0 Å². The first kappa shape index (κ1) is 13.3. The van der Waals surface area contributed by atoms with Crippen LogP contribution in [0.2, 0.25) is 5.02 Å². The van der Waals surface area contributed by atoms with Gasteiger partial charge < -0.3 is 5.32 Å². The highest BCUT2D eigenvalue weighted by Crippen LogP contribution is 2.24. The van der Waals surface area contributed by atoms with Crippen molar-refractivity contribution in [3.05, 3.63) is 35.5 Å². The number of hydrogen-bond donors (Lipinski definition) is 1. The summed E-state index contributed by atoms with van der Waals surface area (Å²) >= 11 is 5.94. The molecule has 96 valence electrons. The van der Waals surface area contributed by atoms with E-state index in [1.54, 1.807) is 12.5 Å². The second kappa shape index (κ2) is 6.16. The largest absolute Gasteiger partial charge is 0.384 e. The maximum Gasteiger partial charge on any atom is 0.0737 e. The van der Waals surface area contributed by atoms with E-state index in [-0.39, 0.29) is 0 Å². The van der Waals surface area contributed by atoms with Crippen molar-refractivity contribution in [2.75, 3.05) is 23.9 Å². The first-order chi connectivity index (χ1) is 8.66. The Morgan fingerprint density at radius 3 is 3.00 bits per heavy atom. The summed E-state index contributed by atoms with van der Waals surface area (Å²) in [5.41, 5.74) is 1.92. The Balaban J connectivity index is 2.11. The molecule has 1 atom stereocenters. The van der Waals surface area contributed by atoms with Crippen LogP contribution in [0.5, 0.6) is 0 Å². The highest BCUT2D eigenvalue weighted by molar-refractivity contribution is 7.84. The minimum absolute atomic E-state index is 0.688. The molecule has 0 aliphatic heterocycles. The average molecular weight is 283 g/mol. The van der Waals surface area contributed by atoms with Gasteiger partial charge in [0.2, 0.25) is 0 Å². The lowest BCUT2D eigenvalue weighted by atomic mass is 10.2. The Hall–Kier alpha value is -1.13. The lowest BCUT2D eigenvalue weighted by molar-refractivity contribution is 0.685. The molecule has 0 fully saturated rings. The molecule has 0 saturated heterocycles. The molecular formula is C13H15ClN2OS. The van der Waals surface area contributed by atoms with E-state index < -0.39 is 10.8 Å². The SMILES string of the molecule is CS(=O)CCCNc1ccnc2cc(Cl)ccc12. The van der Waals surface area contributed by atoms with Crippen molar-refractivity contribution in [2.45, 2.75) is 6.42 Å². The minimum Gasteiger partial charge on any atom is -0.384 e. The van der Waals surface area contributed by atoms with Gasteiger partial charge in [-0.25, -0.2) is 0 Å². The van der Waals surface area contributed by atoms with Crippen LogP contribution in [0.3, 0.4) is 0 Å². The summed E-state index contributed by atoms with van der Waals surface area (Å²) in [6.45, 7) is 0.807. The molecule has 1 aromatic carbocycles. The van der Waals surface area contributed by atoms with Crippen molar-refractivity contribution in [3.63, 3.8) is 0 Å². The molecule has 0 aliphatic rings. The third kappa shape index (κ3) is 3.43. The first-order valence-electron chi connectivity index (χ1n) is 5.75. The van der Waals surface area contributed by atoms with E-state index in [1.807, 2.05) is 24.3 Å². The number of nitrogens with one attached hydrogen (secondary N) is 1. The fourth-order valence-electron chi connectivity index (χ4n) is 1.77. The molecule has 5 heteroatoms. The summed E-state index contributed by atoms with van der Waals surface area (Å²) in [5, 5.41) is 5.09. The number of nitrogens with zero attached hydrogens (tertiary/aromatic N) is 1. The molecule has 2 rings (SSSR count). The monoisotopic (exact) mass is 282 g/mol. The maximum atomic E-state index is 11.0. The summed E-state index contributed by atoms with van der Waals surface area (Å²) in [6, 6.07) is 7.62. The zero-order valence-corrected chi connectivity index (χ0v) is 11.7. The van der Waals surface area contributed by atoms with Crippen molar-refractivity contribution in [3.8, 4) is 0 Å². The lowest BCUT2D eigenvalue weighted by Crippen LogP contribution is -2.06. The molecule has 1 unspecified atom stereocenters. The van der Waals surface area contributed by atoms with Crippen molar-refractivity contribution >= 4 is 39.0 Å². The Kier molecular flexibility index (Phi) is 4.55. The van der Waals surface area contributed by atoms with Crippen LogP contribution in [0, 0.1) is 0 Å². The van der Waals surface area contributed by atoms with Crippen LogP contribution in [0.15, 0.2) is 30.5 Å². The summed E-state index contributed by atoms with van der Waals surface area (Å²) in [6.07, 6.45) is 4.38. The van der Waals surface area contributed by atoms with Gasteiger partial charge in [-0.05, 0) is 30.7 Å². The van der Waals surface area contributed by atoms with E-state index in [1.165, 1.54) is 0 Å². The molecule has 1 aromatic heterocycles. The third-order valence-corrected chi connectivity index (χ3v) is 3.73. The fraction of sp³-hybridized carbons (Fsp3) is 0.308. The Morgan fingerprint density at radius 2 is 2.22 bits per heavy atom. The summed E-state index contributed by atoms with van der Waals surface area (Å²) in [5.74, 6) is 0.724. The van der Waals surface area contributed by atoms with Crippen LogP contribution in [0.25, 0.3) is 10.9 Å². The van der Waals surface area contributed by atoms with E-state index >= 15 is 0 Å². The van der Waals surface area contributed by atoms with E-state index in [0.29, 0.717) is 5.02 Å². The fourth-order valence-corrected chi connectivity index (χ4v) is 2.49. The normalized spacial score (nSPS) is 12.6. The molecule has 2 aromatic rings. The van der Waals surface area contributed by atoms with E-state index in [2.05, 4.69) is 10.3 Å². The molecule has 3 nitrogen and oxygen atoms in total. The topological polar surface area (TPSA) is 42.0 Å². The molecule has 18 heavy (non-hydrogen) atoms. The second-order valence-electron chi connectivity index (χ2n) is 4.08. The second-order valence-corrected chi connectivity index (χ2v) is 6.07. The Bertz CT molecular complexity index is 574. The number of anilines is 1. The number of rotatable bonds is 5. The summed E-state index contributed by atoms with van der Waals surface area (Å²) in [7, 11) is -0.723. The quantitative estimate of drug-likeness (QED) is 0.857. The zero-order chi connectivity index (χ0) is 13.0. The van der Waals surface area contributed by atoms with Gasteiger partial charge in [-0.3, -0.25) is 9.19 Å². The molecule has 0 bridgehead atoms. The number of benzene rings is 1. The smallest absolute Gasteiger partial charge is 0.0737 e. The van der Waals surface area contributed by atoms with E-state index in [0.717, 1.165) is 35.3 Å². The van der Waals surface area contributed by atoms with Crippen molar-refractivity contribution in [1.82, 2.24) is 4.98 Å². The zero-order valence-electron chi connectivity index (χ0n) is 10.1. The first-order valence-corrected chi connectivity index (χ1v) is 7.85. The number of halogens is 1. The highest BCUT2D eigenvalue weighted by Gasteiger charge is 2.02. The molecule has 1 N–H and O–H groups in total. The third-order valence-electron chi connectivity index (χ3n) is 2.63. The van der Waals surface area contributed by atoms with E-state index in [9.17, 15) is 4.21 Å². The molecule has 1 heterocycles. The van der Waals surface area contributed by atoms with Crippen molar-refractivity contribution in [2.24, 2.45) is 0 Å². The number of fused-ring (bicyclic) bond motifs is 1. The van der Waals surface area contributed by atoms with Gasteiger partial charge >= 0.3 is 0 Å². The van der Waals surface area contributed by atoms with E-state index in [4.69, 9.17) is 11.6 Å². The molecule has 0 radical (unpaired) electrons. The Labute approximate surface area is 114 Å². The molecule has 0 saturated carbocycles. The van der Waals surface area contributed by atoms with Gasteiger partial charge in [-0.15, -0.1) is 0 Å². The number of pyridine rings is 1. The lowest BCUT2D eigenvalue weighted by Gasteiger charge is -2.09. The van der Waals surface area contributed by atoms with Crippen LogP contribution in [0.4, 0.5) is 5.69 Å². The predicted octanol–water partition coefficient (Wildman–Crippen LogP) is 3.07. The molecular weight excluding hydrogens is 268 g/mol. The number of hydrogen-bond acceptors (Lipinski definition) is 3. The summed E-state index contributed by atoms with van der Waals surface area (Å²) in [4.78, 5) is 4.29.